The second-order valence-electron chi connectivity index (χ2n) is 3.16. The van der Waals surface area contributed by atoms with E-state index < -0.39 is 11.5 Å². The summed E-state index contributed by atoms with van der Waals surface area (Å²) in [6, 6.07) is 1.72. The van der Waals surface area contributed by atoms with Crippen LogP contribution in [0, 0.1) is 11.3 Å². The zero-order chi connectivity index (χ0) is 12.4. The molecule has 0 bridgehead atoms. The van der Waals surface area contributed by atoms with Gasteiger partial charge >= 0.3 is 5.97 Å². The van der Waals surface area contributed by atoms with Crippen LogP contribution >= 0.6 is 0 Å². The molecule has 0 aliphatic rings. The van der Waals surface area contributed by atoms with Gasteiger partial charge in [-0.1, -0.05) is 0 Å². The Balaban J connectivity index is 2.65. The van der Waals surface area contributed by atoms with Crippen LogP contribution in [0.25, 0.3) is 5.65 Å². The number of hydrogen-bond donors (Lipinski definition) is 1. The van der Waals surface area contributed by atoms with Gasteiger partial charge in [-0.05, 0) is 6.92 Å². The fourth-order valence-electron chi connectivity index (χ4n) is 1.39. The molecule has 17 heavy (non-hydrogen) atoms. The number of hydrogen-bond acceptors (Lipinski definition) is 5. The minimum absolute atomic E-state index is 0.0974. The molecule has 0 amide bonds. The van der Waals surface area contributed by atoms with Crippen molar-refractivity contribution in [3.63, 3.8) is 0 Å². The van der Waals surface area contributed by atoms with Crippen molar-refractivity contribution in [3.8, 4) is 6.07 Å². The number of carbonyl (C=O) groups is 1. The Bertz CT molecular complexity index is 677. The molecule has 0 radical (unpaired) electrons. The molecule has 86 valence electrons. The Morgan fingerprint density at radius 3 is 3.12 bits per heavy atom. The molecule has 0 aliphatic heterocycles. The lowest BCUT2D eigenvalue weighted by molar-refractivity contribution is 0.0528. The number of nitrogens with zero attached hydrogens (tertiary/aromatic N) is 3. The molecule has 0 unspecified atom stereocenters. The van der Waals surface area contributed by atoms with Gasteiger partial charge in [0, 0.05) is 6.20 Å². The smallest absolute Gasteiger partial charge is 0.343 e. The predicted octanol–water partition coefficient (Wildman–Crippen LogP) is 0.0710. The Morgan fingerprint density at radius 1 is 1.71 bits per heavy atom. The lowest BCUT2D eigenvalue weighted by Gasteiger charge is -1.98. The van der Waals surface area contributed by atoms with Crippen molar-refractivity contribution in [2.24, 2.45) is 0 Å². The van der Waals surface area contributed by atoms with Gasteiger partial charge in [-0.2, -0.15) is 9.78 Å². The van der Waals surface area contributed by atoms with Gasteiger partial charge in [0.05, 0.1) is 12.8 Å². The molecule has 2 rings (SSSR count). The number of esters is 1. The number of H-pyrrole nitrogens is 1. The van der Waals surface area contributed by atoms with Crippen molar-refractivity contribution in [2.45, 2.75) is 6.92 Å². The molecule has 0 saturated heterocycles. The van der Waals surface area contributed by atoms with Crippen LogP contribution in [-0.4, -0.2) is 27.2 Å². The molecule has 2 heterocycles. The van der Waals surface area contributed by atoms with Crippen molar-refractivity contribution >= 4 is 11.6 Å². The lowest BCUT2D eigenvalue weighted by Crippen LogP contribution is -2.18. The van der Waals surface area contributed by atoms with E-state index in [4.69, 9.17) is 10.00 Å². The van der Waals surface area contributed by atoms with Crippen LogP contribution in [0.3, 0.4) is 0 Å². The number of aromatic amines is 1. The van der Waals surface area contributed by atoms with Crippen molar-refractivity contribution in [1.82, 2.24) is 14.6 Å². The van der Waals surface area contributed by atoms with Gasteiger partial charge in [-0.15, -0.1) is 0 Å². The molecule has 0 fully saturated rings. The number of aromatic nitrogens is 3. The third kappa shape index (κ3) is 1.65. The first-order valence-corrected chi connectivity index (χ1v) is 4.85. The van der Waals surface area contributed by atoms with E-state index in [0.29, 0.717) is 0 Å². The second-order valence-corrected chi connectivity index (χ2v) is 3.16. The van der Waals surface area contributed by atoms with Gasteiger partial charge in [0.25, 0.3) is 5.56 Å². The van der Waals surface area contributed by atoms with Crippen molar-refractivity contribution in [2.75, 3.05) is 6.61 Å². The minimum Gasteiger partial charge on any atom is -0.462 e. The topological polar surface area (TPSA) is 100 Å². The number of ether oxygens (including phenoxy) is 1. The van der Waals surface area contributed by atoms with Crippen molar-refractivity contribution < 1.29 is 9.53 Å². The quantitative estimate of drug-likeness (QED) is 0.738. The molecule has 0 aliphatic carbocycles. The van der Waals surface area contributed by atoms with E-state index >= 15 is 0 Å². The first-order chi connectivity index (χ1) is 8.19. The van der Waals surface area contributed by atoms with Crippen LogP contribution in [-0.2, 0) is 4.74 Å². The largest absolute Gasteiger partial charge is 0.462 e. The average molecular weight is 232 g/mol. The zero-order valence-electron chi connectivity index (χ0n) is 8.93. The third-order valence-electron chi connectivity index (χ3n) is 2.16. The molecule has 0 spiro atoms. The van der Waals surface area contributed by atoms with Gasteiger partial charge in [0.1, 0.15) is 17.2 Å². The van der Waals surface area contributed by atoms with Gasteiger partial charge in [-0.25, -0.2) is 9.78 Å². The van der Waals surface area contributed by atoms with E-state index in [0.717, 1.165) is 10.7 Å². The van der Waals surface area contributed by atoms with E-state index in [1.807, 2.05) is 0 Å². The molecular weight excluding hydrogens is 224 g/mol. The number of rotatable bonds is 2. The summed E-state index contributed by atoms with van der Waals surface area (Å²) >= 11 is 0. The van der Waals surface area contributed by atoms with E-state index in [9.17, 15) is 9.59 Å². The predicted molar refractivity (Wildman–Crippen MR) is 56.5 cm³/mol. The molecule has 1 N–H and O–H groups in total. The highest BCUT2D eigenvalue weighted by molar-refractivity contribution is 5.95. The first kappa shape index (κ1) is 10.9. The summed E-state index contributed by atoms with van der Waals surface area (Å²) in [4.78, 5) is 27.1. The summed E-state index contributed by atoms with van der Waals surface area (Å²) in [6.45, 7) is 1.91. The fourth-order valence-corrected chi connectivity index (χ4v) is 1.39. The summed E-state index contributed by atoms with van der Waals surface area (Å²) in [5.41, 5.74) is -0.339. The zero-order valence-corrected chi connectivity index (χ0v) is 8.93. The number of carbonyl (C=O) groups excluding carboxylic acids is 1. The standard InChI is InChI=1S/C10H8N4O3/c1-2-17-10(16)7-5-13-14-8(7)12-4-6(3-11)9(14)15/h4-5,13H,2H2,1H3. The molecule has 7 nitrogen and oxygen atoms in total. The van der Waals surface area contributed by atoms with Crippen LogP contribution in [0.1, 0.15) is 22.8 Å². The van der Waals surface area contributed by atoms with Crippen LogP contribution in [0.15, 0.2) is 17.2 Å². The molecule has 0 atom stereocenters. The minimum atomic E-state index is -0.567. The molecule has 0 aromatic carbocycles. The number of nitrogens with one attached hydrogen (secondary N) is 1. The molecule has 2 aromatic heterocycles. The Labute approximate surface area is 95.2 Å². The van der Waals surface area contributed by atoms with Gasteiger partial charge in [-0.3, -0.25) is 9.89 Å². The van der Waals surface area contributed by atoms with Crippen LogP contribution < -0.4 is 5.56 Å². The maximum absolute atomic E-state index is 11.7. The van der Waals surface area contributed by atoms with E-state index in [1.165, 1.54) is 6.20 Å². The monoisotopic (exact) mass is 232 g/mol. The van der Waals surface area contributed by atoms with Crippen molar-refractivity contribution in [3.05, 3.63) is 33.9 Å². The van der Waals surface area contributed by atoms with Gasteiger partial charge in [0.2, 0.25) is 0 Å². The Hall–Kier alpha value is -2.62. The average Bonchev–Trinajstić information content (AvgIpc) is 2.74. The van der Waals surface area contributed by atoms with Crippen LogP contribution in [0.2, 0.25) is 0 Å². The fraction of sp³-hybridized carbons (Fsp3) is 0.200. The van der Waals surface area contributed by atoms with E-state index in [1.54, 1.807) is 13.0 Å². The summed E-state index contributed by atoms with van der Waals surface area (Å²) < 4.78 is 5.84. The van der Waals surface area contributed by atoms with Gasteiger partial charge < -0.3 is 4.74 Å². The van der Waals surface area contributed by atoms with Crippen LogP contribution in [0.4, 0.5) is 0 Å². The summed E-state index contributed by atoms with van der Waals surface area (Å²) in [7, 11) is 0. The lowest BCUT2D eigenvalue weighted by atomic mass is 10.3. The molecule has 7 heteroatoms. The maximum atomic E-state index is 11.7. The summed E-state index contributed by atoms with van der Waals surface area (Å²) in [5.74, 6) is -0.567. The van der Waals surface area contributed by atoms with Crippen molar-refractivity contribution in [1.29, 1.82) is 5.26 Å². The Morgan fingerprint density at radius 2 is 2.47 bits per heavy atom. The summed E-state index contributed by atoms with van der Waals surface area (Å²) in [5, 5.41) is 11.2. The highest BCUT2D eigenvalue weighted by Crippen LogP contribution is 2.07. The molecular formula is C10H8N4O3. The molecule has 0 saturated carbocycles. The first-order valence-electron chi connectivity index (χ1n) is 4.85. The SMILES string of the molecule is CCOC(=O)c1c[nH]n2c(=O)c(C#N)cnc12. The number of nitriles is 1. The molecule has 2 aromatic rings. The number of fused-ring (bicyclic) bond motifs is 1. The highest BCUT2D eigenvalue weighted by atomic mass is 16.5. The third-order valence-corrected chi connectivity index (χ3v) is 2.16. The highest BCUT2D eigenvalue weighted by Gasteiger charge is 2.16. The normalized spacial score (nSPS) is 10.1. The second kappa shape index (κ2) is 4.09. The van der Waals surface area contributed by atoms with E-state index in [-0.39, 0.29) is 23.4 Å². The Kier molecular flexibility index (Phi) is 2.62. The maximum Gasteiger partial charge on any atom is 0.343 e. The van der Waals surface area contributed by atoms with Crippen LogP contribution in [0.5, 0.6) is 0 Å². The summed E-state index contributed by atoms with van der Waals surface area (Å²) in [6.07, 6.45) is 2.46. The van der Waals surface area contributed by atoms with E-state index in [2.05, 4.69) is 10.1 Å². The van der Waals surface area contributed by atoms with Gasteiger partial charge in [0.15, 0.2) is 5.65 Å².